The molecule has 1 heterocycles. The number of aryl methyl sites for hydroxylation is 1. The molecule has 0 radical (unpaired) electrons. The molecule has 6 heteroatoms. The van der Waals surface area contributed by atoms with Crippen LogP contribution in [0.15, 0.2) is 24.3 Å². The number of aromatic carboxylic acids is 1. The van der Waals surface area contributed by atoms with Crippen molar-refractivity contribution in [1.82, 2.24) is 10.2 Å². The van der Waals surface area contributed by atoms with Crippen LogP contribution in [0.1, 0.15) is 48.5 Å². The van der Waals surface area contributed by atoms with Gasteiger partial charge in [0.2, 0.25) is 11.8 Å². The van der Waals surface area contributed by atoms with E-state index in [1.165, 1.54) is 0 Å². The highest BCUT2D eigenvalue weighted by atomic mass is 16.4. The smallest absolute Gasteiger partial charge is 0.335 e. The van der Waals surface area contributed by atoms with Crippen molar-refractivity contribution in [3.05, 3.63) is 35.4 Å². The van der Waals surface area contributed by atoms with Gasteiger partial charge in [0, 0.05) is 26.1 Å². The molecule has 0 bridgehead atoms. The second kappa shape index (κ2) is 9.20. The summed E-state index contributed by atoms with van der Waals surface area (Å²) in [5.74, 6) is -0.971. The minimum Gasteiger partial charge on any atom is -0.478 e. The van der Waals surface area contributed by atoms with Gasteiger partial charge in [0.05, 0.1) is 11.5 Å². The molecule has 2 amide bonds. The van der Waals surface area contributed by atoms with E-state index in [1.807, 2.05) is 6.92 Å². The number of hydrogen-bond acceptors (Lipinski definition) is 3. The molecule has 1 aromatic rings. The van der Waals surface area contributed by atoms with E-state index >= 15 is 0 Å². The Hall–Kier alpha value is -2.37. The molecule has 1 aliphatic rings. The fourth-order valence-electron chi connectivity index (χ4n) is 3.03. The van der Waals surface area contributed by atoms with E-state index in [9.17, 15) is 14.4 Å². The predicted molar refractivity (Wildman–Crippen MR) is 94.3 cm³/mol. The summed E-state index contributed by atoms with van der Waals surface area (Å²) in [5.41, 5.74) is 1.18. The third-order valence-corrected chi connectivity index (χ3v) is 4.52. The van der Waals surface area contributed by atoms with Gasteiger partial charge in [0.25, 0.3) is 0 Å². The first-order valence-corrected chi connectivity index (χ1v) is 8.89. The van der Waals surface area contributed by atoms with Gasteiger partial charge in [-0.25, -0.2) is 4.79 Å². The number of carbonyl (C=O) groups excluding carboxylic acids is 2. The molecule has 25 heavy (non-hydrogen) atoms. The average Bonchev–Trinajstić information content (AvgIpc) is 2.64. The third-order valence-electron chi connectivity index (χ3n) is 4.52. The van der Waals surface area contributed by atoms with Crippen LogP contribution in [0, 0.1) is 5.92 Å². The Balaban J connectivity index is 1.83. The summed E-state index contributed by atoms with van der Waals surface area (Å²) in [6, 6.07) is 6.59. The lowest BCUT2D eigenvalue weighted by molar-refractivity contribution is -0.135. The van der Waals surface area contributed by atoms with Gasteiger partial charge in [-0.2, -0.15) is 0 Å². The number of carboxylic acid groups (broad SMARTS) is 1. The third kappa shape index (κ3) is 5.59. The highest BCUT2D eigenvalue weighted by molar-refractivity contribution is 5.87. The maximum absolute atomic E-state index is 12.4. The summed E-state index contributed by atoms with van der Waals surface area (Å²) >= 11 is 0. The van der Waals surface area contributed by atoms with Crippen LogP contribution in [-0.2, 0) is 16.0 Å². The molecule has 0 saturated carbocycles. The van der Waals surface area contributed by atoms with Crippen molar-refractivity contribution in [3.63, 3.8) is 0 Å². The van der Waals surface area contributed by atoms with Gasteiger partial charge in [-0.1, -0.05) is 19.1 Å². The van der Waals surface area contributed by atoms with Crippen molar-refractivity contribution < 1.29 is 19.5 Å². The number of amides is 2. The van der Waals surface area contributed by atoms with E-state index in [0.717, 1.165) is 24.8 Å². The van der Waals surface area contributed by atoms with Crippen LogP contribution < -0.4 is 5.32 Å². The van der Waals surface area contributed by atoms with E-state index in [4.69, 9.17) is 5.11 Å². The first-order valence-electron chi connectivity index (χ1n) is 8.89. The minimum absolute atomic E-state index is 0.0450. The van der Waals surface area contributed by atoms with Gasteiger partial charge in [-0.15, -0.1) is 0 Å². The van der Waals surface area contributed by atoms with Gasteiger partial charge in [0.1, 0.15) is 0 Å². The molecule has 1 aliphatic heterocycles. The van der Waals surface area contributed by atoms with Gasteiger partial charge in [-0.05, 0) is 43.4 Å². The van der Waals surface area contributed by atoms with Crippen LogP contribution in [0.3, 0.4) is 0 Å². The lowest BCUT2D eigenvalue weighted by Gasteiger charge is -2.32. The van der Waals surface area contributed by atoms with Crippen LogP contribution in [0.25, 0.3) is 0 Å². The predicted octanol–water partition coefficient (Wildman–Crippen LogP) is 2.08. The van der Waals surface area contributed by atoms with Crippen molar-refractivity contribution in [2.24, 2.45) is 5.92 Å². The first-order chi connectivity index (χ1) is 12.0. The molecule has 0 aromatic heterocycles. The lowest BCUT2D eigenvalue weighted by atomic mass is 9.96. The topological polar surface area (TPSA) is 86.7 Å². The number of piperidine rings is 1. The molecule has 136 valence electrons. The molecule has 1 saturated heterocycles. The van der Waals surface area contributed by atoms with Gasteiger partial charge < -0.3 is 15.3 Å². The molecule has 1 aromatic carbocycles. The Kier molecular flexibility index (Phi) is 6.98. The summed E-state index contributed by atoms with van der Waals surface area (Å²) < 4.78 is 0. The van der Waals surface area contributed by atoms with Crippen LogP contribution in [0.5, 0.6) is 0 Å². The molecule has 2 N–H and O–H groups in total. The molecule has 1 fully saturated rings. The van der Waals surface area contributed by atoms with Gasteiger partial charge in [-0.3, -0.25) is 9.59 Å². The maximum Gasteiger partial charge on any atom is 0.335 e. The number of rotatable bonds is 7. The van der Waals surface area contributed by atoms with Crippen molar-refractivity contribution in [2.45, 2.75) is 39.0 Å². The molecular weight excluding hydrogens is 320 g/mol. The van der Waals surface area contributed by atoms with Crippen molar-refractivity contribution in [2.75, 3.05) is 19.6 Å². The van der Waals surface area contributed by atoms with E-state index in [1.54, 1.807) is 29.2 Å². The normalized spacial score (nSPS) is 17.2. The largest absolute Gasteiger partial charge is 0.478 e. The number of likely N-dealkylation sites (tertiary alicyclic amines) is 1. The highest BCUT2D eigenvalue weighted by Gasteiger charge is 2.27. The minimum atomic E-state index is -0.955. The number of hydrogen-bond donors (Lipinski definition) is 2. The van der Waals surface area contributed by atoms with Crippen molar-refractivity contribution in [3.8, 4) is 0 Å². The van der Waals surface area contributed by atoms with E-state index in [2.05, 4.69) is 5.32 Å². The second-order valence-corrected chi connectivity index (χ2v) is 6.47. The molecule has 1 unspecified atom stereocenters. The van der Waals surface area contributed by atoms with Crippen molar-refractivity contribution >= 4 is 17.8 Å². The quantitative estimate of drug-likeness (QED) is 0.791. The van der Waals surface area contributed by atoms with Crippen LogP contribution in [0.4, 0.5) is 0 Å². The summed E-state index contributed by atoms with van der Waals surface area (Å²) in [7, 11) is 0. The van der Waals surface area contributed by atoms with Crippen LogP contribution in [-0.4, -0.2) is 47.4 Å². The average molecular weight is 346 g/mol. The van der Waals surface area contributed by atoms with Gasteiger partial charge in [0.15, 0.2) is 0 Å². The molecule has 0 aliphatic carbocycles. The Labute approximate surface area is 148 Å². The summed E-state index contributed by atoms with van der Waals surface area (Å²) in [6.07, 6.45) is 3.53. The Morgan fingerprint density at radius 3 is 2.60 bits per heavy atom. The Bertz CT molecular complexity index is 612. The number of nitrogens with one attached hydrogen (secondary N) is 1. The Morgan fingerprint density at radius 2 is 1.96 bits per heavy atom. The zero-order chi connectivity index (χ0) is 18.2. The van der Waals surface area contributed by atoms with Crippen LogP contribution >= 0.6 is 0 Å². The Morgan fingerprint density at radius 1 is 1.24 bits per heavy atom. The molecule has 1 atom stereocenters. The summed E-state index contributed by atoms with van der Waals surface area (Å²) in [6.45, 7) is 3.89. The lowest BCUT2D eigenvalue weighted by Crippen LogP contribution is -2.45. The standard InChI is InChI=1S/C19H26N2O4/c1-2-11-20-18(23)16-4-3-12-21(13-16)17(22)10-7-14-5-8-15(9-6-14)19(24)25/h5-6,8-9,16H,2-4,7,10-13H2,1H3,(H,20,23)(H,24,25). The first kappa shape index (κ1) is 19.0. The summed E-state index contributed by atoms with van der Waals surface area (Å²) in [5, 5.41) is 11.8. The number of carbonyl (C=O) groups is 3. The fourth-order valence-corrected chi connectivity index (χ4v) is 3.03. The number of benzene rings is 1. The number of carboxylic acids is 1. The second-order valence-electron chi connectivity index (χ2n) is 6.47. The number of nitrogens with zero attached hydrogens (tertiary/aromatic N) is 1. The maximum atomic E-state index is 12.4. The van der Waals surface area contributed by atoms with Gasteiger partial charge >= 0.3 is 5.97 Å². The van der Waals surface area contributed by atoms with Crippen LogP contribution in [0.2, 0.25) is 0 Å². The molecule has 2 rings (SSSR count). The zero-order valence-corrected chi connectivity index (χ0v) is 14.7. The van der Waals surface area contributed by atoms with E-state index in [0.29, 0.717) is 32.5 Å². The fraction of sp³-hybridized carbons (Fsp3) is 0.526. The zero-order valence-electron chi connectivity index (χ0n) is 14.7. The van der Waals surface area contributed by atoms with Crippen molar-refractivity contribution in [1.29, 1.82) is 0 Å². The monoisotopic (exact) mass is 346 g/mol. The van der Waals surface area contributed by atoms with E-state index < -0.39 is 5.97 Å². The molecule has 6 nitrogen and oxygen atoms in total. The summed E-state index contributed by atoms with van der Waals surface area (Å²) in [4.78, 5) is 37.1. The SMILES string of the molecule is CCCNC(=O)C1CCCN(C(=O)CCc2ccc(C(=O)O)cc2)C1. The van der Waals surface area contributed by atoms with E-state index in [-0.39, 0.29) is 23.3 Å². The molecule has 0 spiro atoms. The highest BCUT2D eigenvalue weighted by Crippen LogP contribution is 2.18. The molecular formula is C19H26N2O4.